The molecule has 3 heterocycles. The molecule has 0 aliphatic carbocycles. The molecule has 0 aliphatic rings. The van der Waals surface area contributed by atoms with Crippen LogP contribution in [0.3, 0.4) is 0 Å². The first-order valence-corrected chi connectivity index (χ1v) is 8.58. The van der Waals surface area contributed by atoms with E-state index in [0.717, 1.165) is 39.5 Å². The minimum Gasteiger partial charge on any atom is -0.355 e. The van der Waals surface area contributed by atoms with Crippen molar-refractivity contribution in [1.82, 2.24) is 19.7 Å². The number of benzene rings is 1. The molecule has 0 saturated heterocycles. The highest BCUT2D eigenvalue weighted by Crippen LogP contribution is 2.29. The number of hydrogen-bond donors (Lipinski definition) is 0. The Kier molecular flexibility index (Phi) is 3.74. The van der Waals surface area contributed by atoms with Crippen LogP contribution in [0.5, 0.6) is 0 Å². The third kappa shape index (κ3) is 2.76. The molecule has 120 valence electrons. The van der Waals surface area contributed by atoms with Crippen molar-refractivity contribution >= 4 is 28.1 Å². The molecule has 0 spiro atoms. The molecule has 0 radical (unpaired) electrons. The van der Waals surface area contributed by atoms with E-state index < -0.39 is 0 Å². The topological polar surface area (TPSA) is 46.8 Å². The van der Waals surface area contributed by atoms with Gasteiger partial charge in [0.05, 0.1) is 16.6 Å². The minimum atomic E-state index is 0.749. The van der Waals surface area contributed by atoms with Gasteiger partial charge in [0.2, 0.25) is 0 Å². The predicted octanol–water partition coefficient (Wildman–Crippen LogP) is 3.73. The second-order valence-corrected chi connectivity index (χ2v) is 6.69. The molecule has 0 fully saturated rings. The van der Waals surface area contributed by atoms with Crippen LogP contribution < -0.4 is 4.90 Å². The summed E-state index contributed by atoms with van der Waals surface area (Å²) in [7, 11) is 3.98. The van der Waals surface area contributed by atoms with E-state index in [2.05, 4.69) is 29.2 Å². The van der Waals surface area contributed by atoms with Gasteiger partial charge in [-0.05, 0) is 23.6 Å². The summed E-state index contributed by atoms with van der Waals surface area (Å²) in [6.45, 7) is 0.749. The number of rotatable bonds is 4. The monoisotopic (exact) mass is 335 g/mol. The van der Waals surface area contributed by atoms with E-state index >= 15 is 0 Å². The Bertz CT molecular complexity index is 974. The van der Waals surface area contributed by atoms with E-state index in [-0.39, 0.29) is 0 Å². The third-order valence-corrected chi connectivity index (χ3v) is 4.73. The lowest BCUT2D eigenvalue weighted by Gasteiger charge is -2.19. The number of aryl methyl sites for hydroxylation is 1. The van der Waals surface area contributed by atoms with Gasteiger partial charge in [-0.3, -0.25) is 4.68 Å². The van der Waals surface area contributed by atoms with Crippen molar-refractivity contribution in [3.8, 4) is 10.7 Å². The molecular formula is C18H17N5S. The molecule has 3 aromatic heterocycles. The Morgan fingerprint density at radius 1 is 1.12 bits per heavy atom. The molecule has 4 rings (SSSR count). The average molecular weight is 335 g/mol. The van der Waals surface area contributed by atoms with Gasteiger partial charge < -0.3 is 4.90 Å². The third-order valence-electron chi connectivity index (χ3n) is 3.86. The van der Waals surface area contributed by atoms with Gasteiger partial charge in [-0.25, -0.2) is 9.97 Å². The van der Waals surface area contributed by atoms with Gasteiger partial charge in [-0.2, -0.15) is 5.10 Å². The largest absolute Gasteiger partial charge is 0.355 e. The normalized spacial score (nSPS) is 11.1. The fourth-order valence-electron chi connectivity index (χ4n) is 2.77. The highest BCUT2D eigenvalue weighted by Gasteiger charge is 2.14. The van der Waals surface area contributed by atoms with Crippen LogP contribution in [0.4, 0.5) is 5.82 Å². The van der Waals surface area contributed by atoms with Crippen LogP contribution in [0.15, 0.2) is 54.2 Å². The average Bonchev–Trinajstić information content (AvgIpc) is 3.25. The fourth-order valence-corrected chi connectivity index (χ4v) is 3.43. The van der Waals surface area contributed by atoms with Gasteiger partial charge in [0.15, 0.2) is 5.82 Å². The highest BCUT2D eigenvalue weighted by atomic mass is 32.1. The maximum Gasteiger partial charge on any atom is 0.172 e. The molecule has 0 aliphatic heterocycles. The summed E-state index contributed by atoms with van der Waals surface area (Å²) in [5.41, 5.74) is 2.12. The first-order chi connectivity index (χ1) is 11.7. The molecule has 4 aromatic rings. The van der Waals surface area contributed by atoms with E-state index in [1.54, 1.807) is 11.3 Å². The zero-order chi connectivity index (χ0) is 16.5. The number of aromatic nitrogens is 4. The summed E-state index contributed by atoms with van der Waals surface area (Å²) in [6.07, 6.45) is 3.92. The van der Waals surface area contributed by atoms with Crippen molar-refractivity contribution < 1.29 is 0 Å². The zero-order valence-electron chi connectivity index (χ0n) is 13.5. The first kappa shape index (κ1) is 14.8. The van der Waals surface area contributed by atoms with Gasteiger partial charge in [0, 0.05) is 37.8 Å². The number of thiophene rings is 1. The summed E-state index contributed by atoms with van der Waals surface area (Å²) in [4.78, 5) is 12.8. The summed E-state index contributed by atoms with van der Waals surface area (Å²) in [5, 5.41) is 7.35. The molecule has 0 amide bonds. The van der Waals surface area contributed by atoms with E-state index in [9.17, 15) is 0 Å². The lowest BCUT2D eigenvalue weighted by atomic mass is 10.2. The lowest BCUT2D eigenvalue weighted by Crippen LogP contribution is -2.18. The highest BCUT2D eigenvalue weighted by molar-refractivity contribution is 7.13. The molecule has 0 atom stereocenters. The number of anilines is 1. The lowest BCUT2D eigenvalue weighted by molar-refractivity contribution is 0.766. The number of nitrogens with zero attached hydrogens (tertiary/aromatic N) is 5. The van der Waals surface area contributed by atoms with Gasteiger partial charge in [0.25, 0.3) is 0 Å². The van der Waals surface area contributed by atoms with Gasteiger partial charge in [-0.15, -0.1) is 11.3 Å². The minimum absolute atomic E-state index is 0.749. The van der Waals surface area contributed by atoms with Gasteiger partial charge >= 0.3 is 0 Å². The maximum absolute atomic E-state index is 4.84. The van der Waals surface area contributed by atoms with Crippen LogP contribution in [-0.4, -0.2) is 26.8 Å². The van der Waals surface area contributed by atoms with E-state index in [4.69, 9.17) is 9.97 Å². The number of para-hydroxylation sites is 1. The van der Waals surface area contributed by atoms with Crippen LogP contribution in [-0.2, 0) is 13.6 Å². The van der Waals surface area contributed by atoms with Gasteiger partial charge in [0.1, 0.15) is 5.82 Å². The standard InChI is InChI=1S/C18H17N5S/c1-22(11-13-10-19-23(2)12-13)18-14-6-3-4-7-15(14)20-17(21-18)16-8-5-9-24-16/h3-10,12H,11H2,1-2H3. The van der Waals surface area contributed by atoms with Crippen LogP contribution in [0.1, 0.15) is 5.56 Å². The molecule has 0 bridgehead atoms. The summed E-state index contributed by atoms with van der Waals surface area (Å²) >= 11 is 1.66. The molecule has 24 heavy (non-hydrogen) atoms. The molecule has 1 aromatic carbocycles. The fraction of sp³-hybridized carbons (Fsp3) is 0.167. The molecule has 0 saturated carbocycles. The van der Waals surface area contributed by atoms with Crippen LogP contribution in [0.25, 0.3) is 21.6 Å². The van der Waals surface area contributed by atoms with Crippen molar-refractivity contribution in [1.29, 1.82) is 0 Å². The SMILES string of the molecule is CN(Cc1cnn(C)c1)c1nc(-c2cccs2)nc2ccccc12. The van der Waals surface area contributed by atoms with Gasteiger partial charge in [-0.1, -0.05) is 18.2 Å². The maximum atomic E-state index is 4.84. The van der Waals surface area contributed by atoms with Crippen LogP contribution >= 0.6 is 11.3 Å². The Balaban J connectivity index is 1.80. The molecule has 5 nitrogen and oxygen atoms in total. The van der Waals surface area contributed by atoms with E-state index in [1.165, 1.54) is 0 Å². The van der Waals surface area contributed by atoms with Crippen molar-refractivity contribution in [2.45, 2.75) is 6.54 Å². The Morgan fingerprint density at radius 3 is 2.75 bits per heavy atom. The van der Waals surface area contributed by atoms with Crippen molar-refractivity contribution in [2.24, 2.45) is 7.05 Å². The molecule has 6 heteroatoms. The van der Waals surface area contributed by atoms with Crippen LogP contribution in [0.2, 0.25) is 0 Å². The first-order valence-electron chi connectivity index (χ1n) is 7.70. The Hall–Kier alpha value is -2.73. The number of hydrogen-bond acceptors (Lipinski definition) is 5. The summed E-state index contributed by atoms with van der Waals surface area (Å²) in [5.74, 6) is 1.71. The second kappa shape index (κ2) is 6.05. The molecule has 0 N–H and O–H groups in total. The quantitative estimate of drug-likeness (QED) is 0.570. The van der Waals surface area contributed by atoms with Crippen molar-refractivity contribution in [3.63, 3.8) is 0 Å². The molecular weight excluding hydrogens is 318 g/mol. The number of fused-ring (bicyclic) bond motifs is 1. The summed E-state index contributed by atoms with van der Waals surface area (Å²) in [6, 6.07) is 12.2. The Morgan fingerprint density at radius 2 is 2.00 bits per heavy atom. The second-order valence-electron chi connectivity index (χ2n) is 5.74. The molecule has 0 unspecified atom stereocenters. The van der Waals surface area contributed by atoms with E-state index in [1.807, 2.05) is 53.8 Å². The van der Waals surface area contributed by atoms with E-state index in [0.29, 0.717) is 0 Å². The smallest absolute Gasteiger partial charge is 0.172 e. The van der Waals surface area contributed by atoms with Crippen LogP contribution in [0, 0.1) is 0 Å². The summed E-state index contributed by atoms with van der Waals surface area (Å²) < 4.78 is 1.82. The predicted molar refractivity (Wildman–Crippen MR) is 98.2 cm³/mol. The Labute approximate surface area is 144 Å². The van der Waals surface area contributed by atoms with Crippen molar-refractivity contribution in [2.75, 3.05) is 11.9 Å². The van der Waals surface area contributed by atoms with Crippen molar-refractivity contribution in [3.05, 3.63) is 59.7 Å². The zero-order valence-corrected chi connectivity index (χ0v) is 14.4.